The van der Waals surface area contributed by atoms with Crippen LogP contribution >= 0.6 is 0 Å². The molecule has 0 saturated carbocycles. The van der Waals surface area contributed by atoms with Crippen LogP contribution in [0.1, 0.15) is 93.9 Å². The normalized spacial score (nSPS) is 48.6. The molecular formula is C48H72O14. The number of allylic oxidation sites excluding steroid dienone is 2. The zero-order chi connectivity index (χ0) is 44.7. The molecule has 0 amide bonds. The van der Waals surface area contributed by atoms with E-state index in [1.54, 1.807) is 40.2 Å². The minimum Gasteiger partial charge on any atom is -0.459 e. The van der Waals surface area contributed by atoms with E-state index in [2.05, 4.69) is 39.8 Å². The summed E-state index contributed by atoms with van der Waals surface area (Å²) in [6, 6.07) is 0. The number of aliphatic hydroxyl groups excluding tert-OH is 2. The van der Waals surface area contributed by atoms with Crippen molar-refractivity contribution in [2.75, 3.05) is 20.8 Å². The first-order valence-electron chi connectivity index (χ1n) is 22.9. The Bertz CT molecular complexity index is 1730. The summed E-state index contributed by atoms with van der Waals surface area (Å²) in [5.41, 5.74) is -0.426. The standard InChI is InChI=1S/C48H72O14/c1-11-25(2)43-28(5)17-18-47(62-43)23-34-20-33(61-47)16-15-27(4)42(26(3)13-12-14-32-24-55-45-40(49)29(6)19-35(46(51)58-34)48(32,45)52)59-39-22-37(54-10)44(31(8)57-39)60-38-21-36(53-9)41(50)30(7)56-38/h12-15,17-19,25-26,28-31,33-34,36-45,49-50,52H,11,16,20-24H2,1-10H3/b13-12?,27-15+,32-14+/t25-,26-,28-,29?,30-,31-,33+,34-,36-,37-,38-,39-,40+,41+,42-,43+,44-,45+,47+,48+/m0/s1. The highest BCUT2D eigenvalue weighted by Gasteiger charge is 2.58. The van der Waals surface area contributed by atoms with Crippen LogP contribution in [0.4, 0.5) is 0 Å². The maximum Gasteiger partial charge on any atom is 0.337 e. The number of hydrogen-bond acceptors (Lipinski definition) is 14. The van der Waals surface area contributed by atoms with Crippen molar-refractivity contribution in [3.8, 4) is 0 Å². The molecule has 7 rings (SSSR count). The van der Waals surface area contributed by atoms with Gasteiger partial charge in [0.05, 0.1) is 61.0 Å². The molecule has 1 aliphatic carbocycles. The molecule has 348 valence electrons. The van der Waals surface area contributed by atoms with Crippen LogP contribution in [0.25, 0.3) is 0 Å². The predicted octanol–water partition coefficient (Wildman–Crippen LogP) is 5.38. The highest BCUT2D eigenvalue weighted by Crippen LogP contribution is 2.47. The van der Waals surface area contributed by atoms with Crippen molar-refractivity contribution in [1.29, 1.82) is 0 Å². The summed E-state index contributed by atoms with van der Waals surface area (Å²) in [5, 5.41) is 34.2. The van der Waals surface area contributed by atoms with Gasteiger partial charge in [-0.2, -0.15) is 0 Å². The van der Waals surface area contributed by atoms with Crippen molar-refractivity contribution in [2.24, 2.45) is 23.7 Å². The number of esters is 1. The number of hydrogen-bond donors (Lipinski definition) is 3. The van der Waals surface area contributed by atoms with Gasteiger partial charge in [-0.1, -0.05) is 77.5 Å². The van der Waals surface area contributed by atoms with Crippen molar-refractivity contribution in [1.82, 2.24) is 0 Å². The average molecular weight is 873 g/mol. The molecule has 20 atom stereocenters. The Morgan fingerprint density at radius 3 is 2.31 bits per heavy atom. The van der Waals surface area contributed by atoms with Gasteiger partial charge >= 0.3 is 5.97 Å². The third-order valence-electron chi connectivity index (χ3n) is 14.4. The first-order chi connectivity index (χ1) is 29.5. The topological polar surface area (TPSA) is 170 Å². The van der Waals surface area contributed by atoms with Crippen LogP contribution in [-0.4, -0.2) is 139 Å². The van der Waals surface area contributed by atoms with E-state index in [0.29, 0.717) is 31.3 Å². The third kappa shape index (κ3) is 9.64. The molecule has 3 N–H and O–H groups in total. The molecule has 0 aromatic carbocycles. The van der Waals surface area contributed by atoms with Gasteiger partial charge in [0, 0.05) is 57.7 Å². The average Bonchev–Trinajstić information content (AvgIpc) is 3.58. The highest BCUT2D eigenvalue weighted by molar-refractivity contribution is 5.93. The highest BCUT2D eigenvalue weighted by atomic mass is 16.7. The van der Waals surface area contributed by atoms with Crippen LogP contribution in [0, 0.1) is 23.7 Å². The molecule has 14 nitrogen and oxygen atoms in total. The van der Waals surface area contributed by atoms with Crippen LogP contribution in [0.3, 0.4) is 0 Å². The van der Waals surface area contributed by atoms with Gasteiger partial charge in [0.2, 0.25) is 0 Å². The minimum atomic E-state index is -1.90. The van der Waals surface area contributed by atoms with Crippen LogP contribution in [-0.2, 0) is 52.2 Å². The SMILES string of the molecule is CC[C@H](C)[C@H]1O[C@]2(C=C[C@@H]1C)C[C@@H]1C[C@@H](C/C=C(\C)[C@@H](O[C@H]3C[C@H](OC)[C@@H](O[C@H]4C[C@H](OC)[C@H](O)[C@H](C)O4)[C@H](C)O3)[C@@H](C)C=C/C=C3\CO[C@@H]4[C@H](O)C(C)C=C(C(=O)O1)[C@]34O)O2. The Morgan fingerprint density at radius 2 is 1.58 bits per heavy atom. The Balaban J connectivity index is 1.18. The van der Waals surface area contributed by atoms with Crippen LogP contribution < -0.4 is 0 Å². The number of carbonyl (C=O) groups excluding carboxylic acids is 1. The summed E-state index contributed by atoms with van der Waals surface area (Å²) < 4.78 is 63.6. The fourth-order valence-electron chi connectivity index (χ4n) is 10.5. The fraction of sp³-hybridized carbons (Fsp3) is 0.771. The molecule has 1 unspecified atom stereocenters. The third-order valence-corrected chi connectivity index (χ3v) is 14.4. The summed E-state index contributed by atoms with van der Waals surface area (Å²) in [6.45, 7) is 16.1. The Labute approximate surface area is 367 Å². The summed E-state index contributed by atoms with van der Waals surface area (Å²) >= 11 is 0. The van der Waals surface area contributed by atoms with Crippen molar-refractivity contribution < 1.29 is 67.5 Å². The molecule has 6 heterocycles. The van der Waals surface area contributed by atoms with E-state index in [1.807, 2.05) is 32.1 Å². The van der Waals surface area contributed by atoms with E-state index >= 15 is 0 Å². The van der Waals surface area contributed by atoms with E-state index in [0.717, 1.165) is 12.0 Å². The Kier molecular flexibility index (Phi) is 15.1. The Hall–Kier alpha value is -2.31. The van der Waals surface area contributed by atoms with Crippen LogP contribution in [0.5, 0.6) is 0 Å². The molecule has 6 aliphatic heterocycles. The monoisotopic (exact) mass is 872 g/mol. The van der Waals surface area contributed by atoms with E-state index < -0.39 is 90.8 Å². The van der Waals surface area contributed by atoms with E-state index in [4.69, 9.17) is 47.4 Å². The number of methoxy groups -OCH3 is 2. The lowest BCUT2D eigenvalue weighted by Crippen LogP contribution is -2.56. The predicted molar refractivity (Wildman–Crippen MR) is 227 cm³/mol. The second-order valence-corrected chi connectivity index (χ2v) is 19.0. The molecule has 0 radical (unpaired) electrons. The number of rotatable bonds is 8. The van der Waals surface area contributed by atoms with Crippen LogP contribution in [0.2, 0.25) is 0 Å². The van der Waals surface area contributed by atoms with Crippen molar-refractivity contribution >= 4 is 5.97 Å². The number of fused-ring (bicyclic) bond motifs is 2. The number of ether oxygens (including phenoxy) is 10. The Morgan fingerprint density at radius 1 is 0.871 bits per heavy atom. The molecule has 0 aromatic rings. The van der Waals surface area contributed by atoms with Crippen molar-refractivity contribution in [3.05, 3.63) is 59.3 Å². The quantitative estimate of drug-likeness (QED) is 0.210. The summed E-state index contributed by atoms with van der Waals surface area (Å²) in [7, 11) is 3.22. The van der Waals surface area contributed by atoms with Gasteiger partial charge in [-0.05, 0) is 50.3 Å². The van der Waals surface area contributed by atoms with E-state index in [-0.39, 0.29) is 54.7 Å². The zero-order valence-electron chi connectivity index (χ0n) is 38.2. The first-order valence-corrected chi connectivity index (χ1v) is 22.9. The van der Waals surface area contributed by atoms with E-state index in [1.165, 1.54) is 0 Å². The van der Waals surface area contributed by atoms with Gasteiger partial charge in [-0.15, -0.1) is 0 Å². The molecule has 4 saturated heterocycles. The van der Waals surface area contributed by atoms with Gasteiger partial charge in [-0.3, -0.25) is 0 Å². The van der Waals surface area contributed by atoms with Gasteiger partial charge in [0.15, 0.2) is 18.4 Å². The van der Waals surface area contributed by atoms with Gasteiger partial charge in [-0.25, -0.2) is 4.79 Å². The smallest absolute Gasteiger partial charge is 0.337 e. The van der Waals surface area contributed by atoms with E-state index in [9.17, 15) is 20.1 Å². The van der Waals surface area contributed by atoms with Gasteiger partial charge in [0.25, 0.3) is 0 Å². The van der Waals surface area contributed by atoms with Crippen molar-refractivity contribution in [2.45, 2.75) is 191 Å². The zero-order valence-corrected chi connectivity index (χ0v) is 38.2. The second kappa shape index (κ2) is 19.7. The lowest BCUT2D eigenvalue weighted by Gasteiger charge is -2.48. The summed E-state index contributed by atoms with van der Waals surface area (Å²) in [4.78, 5) is 14.3. The molecule has 0 aromatic heterocycles. The first kappa shape index (κ1) is 47.6. The largest absolute Gasteiger partial charge is 0.459 e. The maximum atomic E-state index is 14.3. The lowest BCUT2D eigenvalue weighted by molar-refractivity contribution is -0.318. The van der Waals surface area contributed by atoms with Crippen molar-refractivity contribution in [3.63, 3.8) is 0 Å². The molecule has 14 heteroatoms. The molecule has 7 aliphatic rings. The summed E-state index contributed by atoms with van der Waals surface area (Å²) in [5.74, 6) is -1.99. The molecule has 2 bridgehead atoms. The molecule has 62 heavy (non-hydrogen) atoms. The fourth-order valence-corrected chi connectivity index (χ4v) is 10.5. The van der Waals surface area contributed by atoms with Crippen LogP contribution in [0.15, 0.2) is 59.3 Å². The van der Waals surface area contributed by atoms with Gasteiger partial charge < -0.3 is 62.7 Å². The van der Waals surface area contributed by atoms with Gasteiger partial charge in [0.1, 0.15) is 30.0 Å². The molecule has 4 fully saturated rings. The maximum absolute atomic E-state index is 14.3. The summed E-state index contributed by atoms with van der Waals surface area (Å²) in [6.07, 6.45) is 8.54. The molecular weight excluding hydrogens is 801 g/mol. The number of carbonyl (C=O) groups is 1. The molecule has 1 spiro atoms. The second-order valence-electron chi connectivity index (χ2n) is 19.0. The lowest BCUT2D eigenvalue weighted by atomic mass is 9.72. The number of aliphatic hydroxyl groups is 3. The minimum absolute atomic E-state index is 0.0242.